The zero-order chi connectivity index (χ0) is 22.4. The minimum atomic E-state index is -4.82. The molecular weight excluding hydrogens is 484 g/mol. The summed E-state index contributed by atoms with van der Waals surface area (Å²) in [4.78, 5) is 8.62. The average Bonchev–Trinajstić information content (AvgIpc) is 2.70. The maximum Gasteiger partial charge on any atom is 0.573 e. The van der Waals surface area contributed by atoms with Gasteiger partial charge in [-0.3, -0.25) is 0 Å². The summed E-state index contributed by atoms with van der Waals surface area (Å²) in [6.07, 6.45) is -4.37. The number of benzene rings is 2. The molecular formula is C20H17BrF4N4O2. The maximum absolute atomic E-state index is 13.8. The first-order valence-corrected chi connectivity index (χ1v) is 9.85. The molecule has 0 atom stereocenters. The Morgan fingerprint density at radius 1 is 1.06 bits per heavy atom. The Bertz CT molecular complexity index is 1050. The van der Waals surface area contributed by atoms with Gasteiger partial charge in [0, 0.05) is 30.5 Å². The van der Waals surface area contributed by atoms with Crippen molar-refractivity contribution in [3.05, 3.63) is 58.8 Å². The second kappa shape index (κ2) is 9.92. The Balaban J connectivity index is 1.95. The number of nitrogens with zero attached hydrogens (tertiary/aromatic N) is 2. The number of ether oxygens (including phenoxy) is 1. The maximum atomic E-state index is 13.8. The van der Waals surface area contributed by atoms with E-state index in [0.29, 0.717) is 40.2 Å². The highest BCUT2D eigenvalue weighted by atomic mass is 79.9. The smallest absolute Gasteiger partial charge is 0.406 e. The van der Waals surface area contributed by atoms with Gasteiger partial charge in [0.05, 0.1) is 10.2 Å². The standard InChI is InChI=1S/C20H17BrF4N4O2/c21-15-6-5-13(10-16(15)22)27-18-11-17(28-19(29-18)26-7-2-8-30)12-3-1-4-14(9-12)31-20(23,24)25/h1,3-6,9-11,30H,2,7-8H2,(H2,26,27,28,29). The first-order valence-electron chi connectivity index (χ1n) is 9.05. The summed E-state index contributed by atoms with van der Waals surface area (Å²) in [7, 11) is 0. The third-order valence-corrected chi connectivity index (χ3v) is 4.54. The van der Waals surface area contributed by atoms with Crippen LogP contribution in [0.1, 0.15) is 6.42 Å². The van der Waals surface area contributed by atoms with Crippen LogP contribution in [0.4, 0.5) is 35.0 Å². The largest absolute Gasteiger partial charge is 0.573 e. The van der Waals surface area contributed by atoms with Gasteiger partial charge in [0.2, 0.25) is 5.95 Å². The molecule has 0 aliphatic rings. The van der Waals surface area contributed by atoms with Crippen molar-refractivity contribution >= 4 is 33.4 Å². The molecule has 0 saturated carbocycles. The third kappa shape index (κ3) is 6.79. The molecule has 1 aromatic heterocycles. The van der Waals surface area contributed by atoms with E-state index in [4.69, 9.17) is 5.11 Å². The minimum Gasteiger partial charge on any atom is -0.406 e. The molecule has 0 bridgehead atoms. The second-order valence-electron chi connectivity index (χ2n) is 6.30. The Morgan fingerprint density at radius 2 is 1.87 bits per heavy atom. The number of anilines is 3. The van der Waals surface area contributed by atoms with Crippen LogP contribution >= 0.6 is 15.9 Å². The fourth-order valence-corrected chi connectivity index (χ4v) is 2.84. The number of hydrogen-bond acceptors (Lipinski definition) is 6. The molecule has 3 rings (SSSR count). The molecule has 2 aromatic carbocycles. The summed E-state index contributed by atoms with van der Waals surface area (Å²) in [5.74, 6) is -0.381. The Morgan fingerprint density at radius 3 is 2.58 bits per heavy atom. The van der Waals surface area contributed by atoms with Gasteiger partial charge in [-0.1, -0.05) is 12.1 Å². The van der Waals surface area contributed by atoms with Gasteiger partial charge in [0.25, 0.3) is 0 Å². The molecule has 0 aliphatic carbocycles. The zero-order valence-electron chi connectivity index (χ0n) is 15.9. The number of aliphatic hydroxyl groups excluding tert-OH is 1. The predicted octanol–water partition coefficient (Wildman–Crippen LogP) is 5.48. The highest BCUT2D eigenvalue weighted by Crippen LogP contribution is 2.29. The van der Waals surface area contributed by atoms with E-state index in [1.54, 1.807) is 12.1 Å². The van der Waals surface area contributed by atoms with Crippen LogP contribution in [0.15, 0.2) is 53.0 Å². The van der Waals surface area contributed by atoms with Gasteiger partial charge in [0.15, 0.2) is 0 Å². The van der Waals surface area contributed by atoms with E-state index in [2.05, 4.69) is 41.3 Å². The van der Waals surface area contributed by atoms with Crippen LogP contribution in [0, 0.1) is 5.82 Å². The van der Waals surface area contributed by atoms with Gasteiger partial charge in [0.1, 0.15) is 17.4 Å². The molecule has 0 radical (unpaired) electrons. The number of aromatic nitrogens is 2. The van der Waals surface area contributed by atoms with Crippen molar-refractivity contribution in [1.82, 2.24) is 9.97 Å². The second-order valence-corrected chi connectivity index (χ2v) is 7.15. The van der Waals surface area contributed by atoms with Gasteiger partial charge in [-0.15, -0.1) is 13.2 Å². The summed E-state index contributed by atoms with van der Waals surface area (Å²) in [5.41, 5.74) is 1.09. The lowest BCUT2D eigenvalue weighted by molar-refractivity contribution is -0.274. The number of rotatable bonds is 8. The summed E-state index contributed by atoms with van der Waals surface area (Å²) in [5, 5.41) is 14.9. The molecule has 31 heavy (non-hydrogen) atoms. The van der Waals surface area contributed by atoms with Crippen LogP contribution in [0.5, 0.6) is 5.75 Å². The minimum absolute atomic E-state index is 0.0349. The normalized spacial score (nSPS) is 11.3. The number of hydrogen-bond donors (Lipinski definition) is 3. The van der Waals surface area contributed by atoms with Crippen LogP contribution in [0.25, 0.3) is 11.3 Å². The molecule has 0 unspecified atom stereocenters. The number of nitrogens with one attached hydrogen (secondary N) is 2. The molecule has 3 aromatic rings. The zero-order valence-corrected chi connectivity index (χ0v) is 17.5. The Labute approximate surface area is 183 Å². The number of alkyl halides is 3. The SMILES string of the molecule is OCCCNc1nc(Nc2ccc(Br)c(F)c2)cc(-c2cccc(OC(F)(F)F)c2)n1. The predicted molar refractivity (Wildman–Crippen MR) is 112 cm³/mol. The van der Waals surface area contributed by atoms with Gasteiger partial charge in [-0.25, -0.2) is 9.37 Å². The topological polar surface area (TPSA) is 79.3 Å². The van der Waals surface area contributed by atoms with Gasteiger partial charge in [-0.05, 0) is 52.7 Å². The summed E-state index contributed by atoms with van der Waals surface area (Å²) >= 11 is 3.08. The van der Waals surface area contributed by atoms with E-state index in [0.717, 1.165) is 0 Å². The van der Waals surface area contributed by atoms with E-state index in [-0.39, 0.29) is 18.3 Å². The summed E-state index contributed by atoms with van der Waals surface area (Å²) < 4.78 is 55.8. The first kappa shape index (κ1) is 22.8. The fourth-order valence-electron chi connectivity index (χ4n) is 2.59. The molecule has 6 nitrogen and oxygen atoms in total. The number of halogens is 5. The quantitative estimate of drug-likeness (QED) is 0.280. The summed E-state index contributed by atoms with van der Waals surface area (Å²) in [6.45, 7) is 0.344. The van der Waals surface area contributed by atoms with Crippen molar-refractivity contribution < 1.29 is 27.4 Å². The van der Waals surface area contributed by atoms with Crippen molar-refractivity contribution in [3.8, 4) is 17.0 Å². The molecule has 0 spiro atoms. The lowest BCUT2D eigenvalue weighted by atomic mass is 10.1. The van der Waals surface area contributed by atoms with Gasteiger partial charge < -0.3 is 20.5 Å². The first-order chi connectivity index (χ1) is 14.7. The lowest BCUT2D eigenvalue weighted by Gasteiger charge is -2.13. The highest BCUT2D eigenvalue weighted by Gasteiger charge is 2.31. The molecule has 3 N–H and O–H groups in total. The lowest BCUT2D eigenvalue weighted by Crippen LogP contribution is -2.17. The van der Waals surface area contributed by atoms with E-state index < -0.39 is 12.2 Å². The van der Waals surface area contributed by atoms with Crippen LogP contribution in [-0.4, -0.2) is 34.6 Å². The van der Waals surface area contributed by atoms with E-state index in [1.807, 2.05) is 0 Å². The fraction of sp³-hybridized carbons (Fsp3) is 0.200. The third-order valence-electron chi connectivity index (χ3n) is 3.90. The molecule has 0 saturated heterocycles. The van der Waals surface area contributed by atoms with E-state index in [9.17, 15) is 17.6 Å². The monoisotopic (exact) mass is 500 g/mol. The van der Waals surface area contributed by atoms with Crippen LogP contribution in [-0.2, 0) is 0 Å². The van der Waals surface area contributed by atoms with Crippen molar-refractivity contribution in [2.45, 2.75) is 12.8 Å². The Kier molecular flexibility index (Phi) is 7.29. The van der Waals surface area contributed by atoms with E-state index in [1.165, 1.54) is 36.4 Å². The van der Waals surface area contributed by atoms with Crippen molar-refractivity contribution in [2.75, 3.05) is 23.8 Å². The molecule has 0 amide bonds. The van der Waals surface area contributed by atoms with Crippen LogP contribution in [0.2, 0.25) is 0 Å². The average molecular weight is 501 g/mol. The van der Waals surface area contributed by atoms with Gasteiger partial charge in [-0.2, -0.15) is 4.98 Å². The van der Waals surface area contributed by atoms with Crippen molar-refractivity contribution in [2.24, 2.45) is 0 Å². The molecule has 11 heteroatoms. The highest BCUT2D eigenvalue weighted by molar-refractivity contribution is 9.10. The summed E-state index contributed by atoms with van der Waals surface area (Å²) in [6, 6.07) is 11.3. The molecule has 164 valence electrons. The van der Waals surface area contributed by atoms with Crippen LogP contribution in [0.3, 0.4) is 0 Å². The van der Waals surface area contributed by atoms with Crippen LogP contribution < -0.4 is 15.4 Å². The number of aliphatic hydroxyl groups is 1. The molecule has 0 fully saturated rings. The Hall–Kier alpha value is -2.92. The van der Waals surface area contributed by atoms with Crippen molar-refractivity contribution in [1.29, 1.82) is 0 Å². The molecule has 0 aliphatic heterocycles. The van der Waals surface area contributed by atoms with E-state index >= 15 is 0 Å². The van der Waals surface area contributed by atoms with Crippen molar-refractivity contribution in [3.63, 3.8) is 0 Å². The molecule has 1 heterocycles. The van der Waals surface area contributed by atoms with Gasteiger partial charge >= 0.3 is 6.36 Å².